The molecule has 0 radical (unpaired) electrons. The van der Waals surface area contributed by atoms with Crippen molar-refractivity contribution in [3.8, 4) is 0 Å². The third-order valence-electron chi connectivity index (χ3n) is 2.17. The van der Waals surface area contributed by atoms with Crippen LogP contribution in [0.5, 0.6) is 0 Å². The zero-order valence-electron chi connectivity index (χ0n) is 10.9. The maximum Gasteiger partial charge on any atom is 0.305 e. The van der Waals surface area contributed by atoms with Crippen LogP contribution in [0.1, 0.15) is 19.8 Å². The molecule has 0 heterocycles. The van der Waals surface area contributed by atoms with E-state index < -0.39 is 30.4 Å². The van der Waals surface area contributed by atoms with Gasteiger partial charge in [-0.25, -0.2) is 0 Å². The largest absolute Gasteiger partial charge is 0.469 e. The van der Waals surface area contributed by atoms with Crippen molar-refractivity contribution in [2.45, 2.75) is 25.8 Å². The third-order valence-corrected chi connectivity index (χ3v) is 2.17. The molecule has 2 amide bonds. The van der Waals surface area contributed by atoms with E-state index in [1.165, 1.54) is 14.0 Å². The number of aliphatic hydroxyl groups is 1. The highest BCUT2D eigenvalue weighted by Gasteiger charge is 2.18. The van der Waals surface area contributed by atoms with Crippen LogP contribution in [0.4, 0.5) is 0 Å². The van der Waals surface area contributed by atoms with Gasteiger partial charge >= 0.3 is 5.97 Å². The maximum absolute atomic E-state index is 11.5. The van der Waals surface area contributed by atoms with E-state index in [1.54, 1.807) is 0 Å². The summed E-state index contributed by atoms with van der Waals surface area (Å²) >= 11 is 0. The highest BCUT2D eigenvalue weighted by atomic mass is 16.5. The lowest BCUT2D eigenvalue weighted by atomic mass is 10.2. The van der Waals surface area contributed by atoms with Gasteiger partial charge in [0.25, 0.3) is 0 Å². The molecule has 1 atom stereocenters. The van der Waals surface area contributed by atoms with Crippen LogP contribution < -0.4 is 10.6 Å². The average Bonchev–Trinajstić information content (AvgIpc) is 2.38. The first-order valence-electron chi connectivity index (χ1n) is 5.64. The molecule has 0 bridgehead atoms. The Morgan fingerprint density at radius 1 is 1.21 bits per heavy atom. The molecule has 0 aromatic rings. The maximum atomic E-state index is 11.5. The molecule has 8 nitrogen and oxygen atoms in total. The molecule has 0 aliphatic carbocycles. The number of amides is 2. The first kappa shape index (κ1) is 17.0. The molecule has 0 aliphatic rings. The molecule has 0 spiro atoms. The second kappa shape index (κ2) is 9.03. The summed E-state index contributed by atoms with van der Waals surface area (Å²) in [6, 6.07) is -1.09. The van der Waals surface area contributed by atoms with E-state index in [0.29, 0.717) is 0 Å². The second-order valence-electron chi connectivity index (χ2n) is 3.77. The minimum Gasteiger partial charge on any atom is -0.469 e. The fourth-order valence-electron chi connectivity index (χ4n) is 1.18. The number of carbonyl (C=O) groups excluding carboxylic acids is 4. The van der Waals surface area contributed by atoms with Crippen molar-refractivity contribution in [3.05, 3.63) is 0 Å². The van der Waals surface area contributed by atoms with Gasteiger partial charge in [-0.3, -0.25) is 19.2 Å². The van der Waals surface area contributed by atoms with E-state index in [2.05, 4.69) is 15.4 Å². The van der Waals surface area contributed by atoms with E-state index in [-0.39, 0.29) is 25.2 Å². The summed E-state index contributed by atoms with van der Waals surface area (Å²) in [7, 11) is 1.22. The number of Topliss-reactive ketones (excluding diaryl/α,β-unsaturated/α-hetero) is 1. The summed E-state index contributed by atoms with van der Waals surface area (Å²) in [6.07, 6.45) is -0.1000. The normalized spacial score (nSPS) is 11.3. The van der Waals surface area contributed by atoms with Gasteiger partial charge in [0.15, 0.2) is 5.78 Å². The van der Waals surface area contributed by atoms with Crippen molar-refractivity contribution in [2.24, 2.45) is 0 Å². The van der Waals surface area contributed by atoms with Crippen LogP contribution in [-0.2, 0) is 23.9 Å². The SMILES string of the molecule is COC(=O)CCC(=O)CNC(=O)[C@H](CO)NC(C)=O. The van der Waals surface area contributed by atoms with Gasteiger partial charge in [-0.05, 0) is 0 Å². The minimum absolute atomic E-state index is 0.0448. The lowest BCUT2D eigenvalue weighted by molar-refractivity contribution is -0.141. The molecule has 0 rings (SSSR count). The molecule has 0 aromatic carbocycles. The number of ether oxygens (including phenoxy) is 1. The zero-order chi connectivity index (χ0) is 14.8. The molecular weight excluding hydrogens is 256 g/mol. The van der Waals surface area contributed by atoms with E-state index in [0.717, 1.165) is 0 Å². The number of esters is 1. The quantitative estimate of drug-likeness (QED) is 0.445. The van der Waals surface area contributed by atoms with Crippen molar-refractivity contribution < 1.29 is 29.0 Å². The first-order valence-corrected chi connectivity index (χ1v) is 5.64. The Hall–Kier alpha value is -1.96. The standard InChI is InChI=1S/C11H18N2O6/c1-7(15)13-9(6-14)11(18)12-5-8(16)3-4-10(17)19-2/h9,14H,3-6H2,1-2H3,(H,12,18)(H,13,15)/t9-/m0/s1. The summed E-state index contributed by atoms with van der Waals surface area (Å²) in [5, 5.41) is 13.4. The summed E-state index contributed by atoms with van der Waals surface area (Å²) in [5.74, 6) is -1.99. The van der Waals surface area contributed by atoms with Crippen molar-refractivity contribution in [2.75, 3.05) is 20.3 Å². The van der Waals surface area contributed by atoms with Crippen molar-refractivity contribution in [1.29, 1.82) is 0 Å². The van der Waals surface area contributed by atoms with Gasteiger partial charge in [-0.1, -0.05) is 0 Å². The van der Waals surface area contributed by atoms with Gasteiger partial charge in [0.1, 0.15) is 6.04 Å². The fourth-order valence-corrected chi connectivity index (χ4v) is 1.18. The van der Waals surface area contributed by atoms with Crippen molar-refractivity contribution in [1.82, 2.24) is 10.6 Å². The Morgan fingerprint density at radius 2 is 1.84 bits per heavy atom. The monoisotopic (exact) mass is 274 g/mol. The number of ketones is 1. The Morgan fingerprint density at radius 3 is 2.32 bits per heavy atom. The minimum atomic E-state index is -1.09. The molecule has 0 unspecified atom stereocenters. The second-order valence-corrected chi connectivity index (χ2v) is 3.77. The van der Waals surface area contributed by atoms with Gasteiger partial charge in [-0.2, -0.15) is 0 Å². The molecule has 0 saturated heterocycles. The molecule has 3 N–H and O–H groups in total. The van der Waals surface area contributed by atoms with E-state index in [4.69, 9.17) is 5.11 Å². The first-order chi connectivity index (χ1) is 8.90. The number of nitrogens with one attached hydrogen (secondary N) is 2. The topological polar surface area (TPSA) is 122 Å². The molecule has 8 heteroatoms. The summed E-state index contributed by atoms with van der Waals surface area (Å²) in [4.78, 5) is 44.3. The highest BCUT2D eigenvalue weighted by molar-refractivity contribution is 5.91. The average molecular weight is 274 g/mol. The molecule has 108 valence electrons. The van der Waals surface area contributed by atoms with Crippen LogP contribution in [0.25, 0.3) is 0 Å². The van der Waals surface area contributed by atoms with Crippen LogP contribution >= 0.6 is 0 Å². The van der Waals surface area contributed by atoms with Gasteiger partial charge < -0.3 is 20.5 Å². The Labute approximate surface area is 110 Å². The van der Waals surface area contributed by atoms with Crippen LogP contribution in [0.2, 0.25) is 0 Å². The highest BCUT2D eigenvalue weighted by Crippen LogP contribution is 1.93. The van der Waals surface area contributed by atoms with E-state index in [9.17, 15) is 19.2 Å². The third kappa shape index (κ3) is 7.87. The van der Waals surface area contributed by atoms with Gasteiger partial charge in [-0.15, -0.1) is 0 Å². The van der Waals surface area contributed by atoms with Gasteiger partial charge in [0.05, 0.1) is 26.7 Å². The molecular formula is C11H18N2O6. The Kier molecular flexibility index (Phi) is 8.10. The number of hydrogen-bond donors (Lipinski definition) is 3. The van der Waals surface area contributed by atoms with E-state index >= 15 is 0 Å². The number of methoxy groups -OCH3 is 1. The summed E-state index contributed by atoms with van der Waals surface area (Å²) in [5.41, 5.74) is 0. The van der Waals surface area contributed by atoms with E-state index in [1.807, 2.05) is 0 Å². The predicted molar refractivity (Wildman–Crippen MR) is 64.0 cm³/mol. The fraction of sp³-hybridized carbons (Fsp3) is 0.636. The summed E-state index contributed by atoms with van der Waals surface area (Å²) in [6.45, 7) is 0.366. The van der Waals surface area contributed by atoms with Gasteiger partial charge in [0.2, 0.25) is 11.8 Å². The number of carbonyl (C=O) groups is 4. The van der Waals surface area contributed by atoms with Gasteiger partial charge in [0, 0.05) is 13.3 Å². The lowest BCUT2D eigenvalue weighted by Gasteiger charge is -2.14. The van der Waals surface area contributed by atoms with Crippen LogP contribution in [-0.4, -0.2) is 55.0 Å². The molecule has 0 saturated carbocycles. The Bertz CT molecular complexity index is 355. The Balaban J connectivity index is 4.03. The van der Waals surface area contributed by atoms with Crippen LogP contribution in [0.15, 0.2) is 0 Å². The summed E-state index contributed by atoms with van der Waals surface area (Å²) < 4.78 is 4.37. The number of aliphatic hydroxyl groups excluding tert-OH is 1. The number of hydrogen-bond acceptors (Lipinski definition) is 6. The molecule has 19 heavy (non-hydrogen) atoms. The molecule has 0 fully saturated rings. The van der Waals surface area contributed by atoms with Crippen LogP contribution in [0.3, 0.4) is 0 Å². The molecule has 0 aromatic heterocycles. The predicted octanol–water partition coefficient (Wildman–Crippen LogP) is -1.88. The smallest absolute Gasteiger partial charge is 0.305 e. The lowest BCUT2D eigenvalue weighted by Crippen LogP contribution is -2.49. The zero-order valence-corrected chi connectivity index (χ0v) is 10.9. The number of rotatable bonds is 8. The van der Waals surface area contributed by atoms with Crippen molar-refractivity contribution in [3.63, 3.8) is 0 Å². The van der Waals surface area contributed by atoms with Crippen molar-refractivity contribution >= 4 is 23.6 Å². The molecule has 0 aliphatic heterocycles. The van der Waals surface area contributed by atoms with Crippen LogP contribution in [0, 0.1) is 0 Å².